The second-order valence-corrected chi connectivity index (χ2v) is 23.1. The van der Waals surface area contributed by atoms with E-state index >= 15 is 4.39 Å². The molecule has 12 N–H and O–H groups in total. The van der Waals surface area contributed by atoms with Crippen LogP contribution in [-0.2, 0) is 71.0 Å². The second kappa shape index (κ2) is 21.6. The average Bonchev–Trinajstić information content (AvgIpc) is 4.11. The highest BCUT2D eigenvalue weighted by molar-refractivity contribution is 7.66. The van der Waals surface area contributed by atoms with E-state index in [1.54, 1.807) is 0 Å². The lowest BCUT2D eigenvalue weighted by atomic mass is 9.94. The number of phosphoric acid groups is 4. The molecule has 76 heavy (non-hydrogen) atoms. The molecular formula is C34H46FN13O24P4. The van der Waals surface area contributed by atoms with Crippen LogP contribution in [0.5, 0.6) is 0 Å². The van der Waals surface area contributed by atoms with Crippen molar-refractivity contribution in [3.8, 4) is 0 Å². The Hall–Kier alpha value is -5.14. The first-order valence-corrected chi connectivity index (χ1v) is 27.6. The Morgan fingerprint density at radius 3 is 2.11 bits per heavy atom. The van der Waals surface area contributed by atoms with Gasteiger partial charge in [-0.25, -0.2) is 42.4 Å². The van der Waals surface area contributed by atoms with Crippen molar-refractivity contribution in [3.63, 3.8) is 0 Å². The molecule has 0 bridgehead atoms. The molecule has 0 spiro atoms. The number of aromatic nitrogens is 10. The number of nitrogens with two attached hydrogens (primary N) is 2. The Bertz CT molecular complexity index is 3400. The van der Waals surface area contributed by atoms with Crippen molar-refractivity contribution in [1.29, 1.82) is 0 Å². The van der Waals surface area contributed by atoms with Crippen LogP contribution in [0.2, 0.25) is 0 Å². The fraction of sp³-hybridized carbons (Fsp3) is 0.559. The molecular weight excluding hydrogens is 1120 g/mol. The Labute approximate surface area is 421 Å². The van der Waals surface area contributed by atoms with Crippen LogP contribution in [0.1, 0.15) is 25.1 Å². The third-order valence-corrected chi connectivity index (χ3v) is 17.0. The van der Waals surface area contributed by atoms with Gasteiger partial charge in [-0.1, -0.05) is 0 Å². The van der Waals surface area contributed by atoms with Crippen molar-refractivity contribution in [2.45, 2.75) is 74.0 Å². The van der Waals surface area contributed by atoms with Gasteiger partial charge in [0.15, 0.2) is 30.1 Å². The molecule has 0 aromatic carbocycles. The van der Waals surface area contributed by atoms with Crippen molar-refractivity contribution in [1.82, 2.24) is 48.5 Å². The molecule has 418 valence electrons. The SMILES string of the molecule is CN(C)C(=O)C[C@H]1[C@@H](O)[C@H](n2c[n+](C)c3c(=O)[nH]c(N)nc32)O[C@@H]1COP(=O)(O)OP(=O)(O)OP(=O)(O)OCC1O[C@@H](n2cnc3c(N)ncnc32)[C@H](F)[C@@H]1OP(=O)([O-])OC[C@H]1O[C@@H](n2ccc(=O)[nH]c2=O)[C@H](O)[C@@H]1O. The molecule has 5 aromatic heterocycles. The van der Waals surface area contributed by atoms with Gasteiger partial charge < -0.3 is 74.5 Å². The lowest BCUT2D eigenvalue weighted by Gasteiger charge is -2.30. The number of nitrogen functional groups attached to an aromatic ring is 2. The summed E-state index contributed by atoms with van der Waals surface area (Å²) in [5.41, 5.74) is 8.59. The van der Waals surface area contributed by atoms with Crippen molar-refractivity contribution < 1.29 is 108 Å². The van der Waals surface area contributed by atoms with Crippen LogP contribution in [0.3, 0.4) is 0 Å². The summed E-state index contributed by atoms with van der Waals surface area (Å²) in [6.45, 7) is -3.73. The van der Waals surface area contributed by atoms with E-state index in [1.165, 1.54) is 36.6 Å². The van der Waals surface area contributed by atoms with Crippen LogP contribution in [-0.4, -0.2) is 167 Å². The van der Waals surface area contributed by atoms with Gasteiger partial charge in [0.2, 0.25) is 24.4 Å². The minimum Gasteiger partial charge on any atom is -0.756 e. The molecule has 5 aromatic rings. The van der Waals surface area contributed by atoms with E-state index in [-0.39, 0.29) is 34.1 Å². The van der Waals surface area contributed by atoms with Gasteiger partial charge in [-0.3, -0.25) is 47.1 Å². The minimum absolute atomic E-state index is 0.0246. The summed E-state index contributed by atoms with van der Waals surface area (Å²) in [4.78, 5) is 115. The maximum absolute atomic E-state index is 16.5. The lowest BCUT2D eigenvalue weighted by molar-refractivity contribution is -0.646. The van der Waals surface area contributed by atoms with Crippen LogP contribution in [0.15, 0.2) is 45.6 Å². The minimum atomic E-state index is -6.29. The number of alkyl halides is 1. The summed E-state index contributed by atoms with van der Waals surface area (Å²) in [5, 5.41) is 32.5. The Balaban J connectivity index is 0.939. The number of nitrogens with one attached hydrogen (secondary N) is 2. The lowest BCUT2D eigenvalue weighted by Crippen LogP contribution is -2.38. The fourth-order valence-electron chi connectivity index (χ4n) is 8.24. The summed E-state index contributed by atoms with van der Waals surface area (Å²) in [6.07, 6.45) is -17.5. The number of aliphatic hydroxyl groups excluding tert-OH is 3. The van der Waals surface area contributed by atoms with Crippen molar-refractivity contribution in [2.75, 3.05) is 45.4 Å². The monoisotopic (exact) mass is 1160 g/mol. The summed E-state index contributed by atoms with van der Waals surface area (Å²) in [5.74, 6) is -2.35. The Kier molecular flexibility index (Phi) is 16.2. The number of carbonyl (C=O) groups excluding carboxylic acids is 1. The highest BCUT2D eigenvalue weighted by atomic mass is 31.3. The van der Waals surface area contributed by atoms with Crippen LogP contribution in [0.4, 0.5) is 16.2 Å². The first kappa shape index (κ1) is 57.0. The number of aryl methyl sites for hydroxylation is 1. The van der Waals surface area contributed by atoms with Crippen molar-refractivity contribution >= 4 is 71.3 Å². The molecule has 3 aliphatic heterocycles. The van der Waals surface area contributed by atoms with Crippen molar-refractivity contribution in [3.05, 3.63) is 62.4 Å². The quantitative estimate of drug-likeness (QED) is 0.0260. The van der Waals surface area contributed by atoms with Gasteiger partial charge in [-0.2, -0.15) is 18.2 Å². The number of hydrogen-bond acceptors (Lipinski definition) is 27. The summed E-state index contributed by atoms with van der Waals surface area (Å²) >= 11 is 0. The smallest absolute Gasteiger partial charge is 0.490 e. The number of imidazole rings is 2. The molecule has 1 amide bonds. The van der Waals surface area contributed by atoms with Gasteiger partial charge in [-0.05, 0) is 0 Å². The number of aromatic amines is 2. The molecule has 8 heterocycles. The normalized spacial score (nSPS) is 30.0. The van der Waals surface area contributed by atoms with Gasteiger partial charge in [0.25, 0.3) is 24.5 Å². The van der Waals surface area contributed by atoms with E-state index in [1.807, 2.05) is 4.98 Å². The maximum atomic E-state index is 16.5. The summed E-state index contributed by atoms with van der Waals surface area (Å²) in [7, 11) is -19.9. The van der Waals surface area contributed by atoms with Crippen LogP contribution >= 0.6 is 31.3 Å². The molecule has 42 heteroatoms. The van der Waals surface area contributed by atoms with Gasteiger partial charge in [0.1, 0.15) is 48.5 Å². The van der Waals surface area contributed by atoms with E-state index in [0.29, 0.717) is 4.57 Å². The first-order chi connectivity index (χ1) is 35.4. The predicted octanol–water partition coefficient (Wildman–Crippen LogP) is -4.45. The number of fused-ring (bicyclic) bond motifs is 2. The Morgan fingerprint density at radius 1 is 0.829 bits per heavy atom. The summed E-state index contributed by atoms with van der Waals surface area (Å²) < 4.78 is 118. The van der Waals surface area contributed by atoms with E-state index in [0.717, 1.165) is 34.4 Å². The maximum Gasteiger partial charge on any atom is 0.490 e. The largest absolute Gasteiger partial charge is 0.756 e. The number of anilines is 2. The average molecular weight is 1160 g/mol. The highest BCUT2D eigenvalue weighted by Gasteiger charge is 2.53. The highest BCUT2D eigenvalue weighted by Crippen LogP contribution is 2.68. The molecule has 37 nitrogen and oxygen atoms in total. The van der Waals surface area contributed by atoms with Crippen LogP contribution in [0, 0.1) is 5.92 Å². The van der Waals surface area contributed by atoms with Crippen LogP contribution in [0.25, 0.3) is 22.3 Å². The Morgan fingerprint density at radius 2 is 1.45 bits per heavy atom. The predicted molar refractivity (Wildman–Crippen MR) is 240 cm³/mol. The molecule has 8 rings (SSSR count). The number of hydrogen-bond donors (Lipinski definition) is 10. The number of phosphoric ester groups is 3. The molecule has 0 radical (unpaired) electrons. The number of ether oxygens (including phenoxy) is 3. The molecule has 3 aliphatic rings. The number of halogens is 1. The van der Waals surface area contributed by atoms with E-state index < -0.39 is 154 Å². The second-order valence-electron chi connectivity index (χ2n) is 17.1. The van der Waals surface area contributed by atoms with E-state index in [4.69, 9.17) is 43.8 Å². The number of nitrogens with zero attached hydrogens (tertiary/aromatic N) is 9. The number of aliphatic hydroxyl groups is 3. The van der Waals surface area contributed by atoms with E-state index in [9.17, 15) is 72.3 Å². The molecule has 5 unspecified atom stereocenters. The molecule has 3 saturated heterocycles. The van der Waals surface area contributed by atoms with Gasteiger partial charge in [-0.15, -0.1) is 0 Å². The molecule has 3 fully saturated rings. The van der Waals surface area contributed by atoms with Gasteiger partial charge in [0, 0.05) is 38.7 Å². The number of rotatable bonds is 20. The standard InChI is InChI=1S/C34H46FN13O24P4/c1-44(2)18(50)6-13-14(67-31(22(13)51)48-12-45(3)21-28(48)42-33(37)43-29(21)54)7-65-74(58,59)71-76(62,63)72-75(60,61)66-9-16-25(19(35)30(69-16)47-11-40-20-26(36)38-10-39-27(20)47)70-73(56,57)64-8-15-23(52)24(53)32(68-15)46-5-4-17(49)41-34(46)55/h4-5,10-16,19,22-25,30-32,51-53H,6-9H2,1-3H3,(H9-,36,37,38,39,41,42,43,49,54,55,56,57,58,59,60,61,62,63)/t13-,14-,15-,16?,19-,22-,23-,24-,25-,30-,31-,32-/m1/s1. The van der Waals surface area contributed by atoms with Crippen LogP contribution < -0.4 is 37.7 Å². The fourth-order valence-corrected chi connectivity index (χ4v) is 12.7. The number of carbonyl (C=O) groups is 1. The zero-order chi connectivity index (χ0) is 55.6. The number of amides is 1. The molecule has 0 saturated carbocycles. The number of H-pyrrole nitrogens is 2. The summed E-state index contributed by atoms with van der Waals surface area (Å²) in [6, 6.07) is 0.884. The van der Waals surface area contributed by atoms with Crippen molar-refractivity contribution in [2.24, 2.45) is 13.0 Å². The van der Waals surface area contributed by atoms with Gasteiger partial charge in [0.05, 0.1) is 39.3 Å². The molecule has 0 aliphatic carbocycles. The third-order valence-electron chi connectivity index (χ3n) is 11.8. The topological polar surface area (TPSA) is 521 Å². The first-order valence-electron chi connectivity index (χ1n) is 21.6. The zero-order valence-electron chi connectivity index (χ0n) is 39.0. The molecule has 16 atom stereocenters. The zero-order valence-corrected chi connectivity index (χ0v) is 42.6. The van der Waals surface area contributed by atoms with Gasteiger partial charge >= 0.3 is 34.7 Å². The van der Waals surface area contributed by atoms with E-state index in [2.05, 4.69) is 33.5 Å². The third kappa shape index (κ3) is 12.1.